The Morgan fingerprint density at radius 1 is 1.04 bits per heavy atom. The second-order valence-electron chi connectivity index (χ2n) is 7.38. The van der Waals surface area contributed by atoms with Crippen LogP contribution in [-0.2, 0) is 6.42 Å². The van der Waals surface area contributed by atoms with Gasteiger partial charge >= 0.3 is 0 Å². The molecular weight excluding hydrogens is 350 g/mol. The smallest absolute Gasteiger partial charge is 0.222 e. The van der Waals surface area contributed by atoms with Crippen LogP contribution in [0, 0.1) is 5.41 Å². The number of hydrogen-bond acceptors (Lipinski definition) is 6. The first-order valence-electron chi connectivity index (χ1n) is 8.94. The van der Waals surface area contributed by atoms with E-state index in [1.165, 1.54) is 5.56 Å². The molecule has 1 aromatic heterocycles. The molecule has 0 aliphatic carbocycles. The number of aromatic nitrogens is 2. The van der Waals surface area contributed by atoms with Crippen LogP contribution in [-0.4, -0.2) is 21.3 Å². The number of anilines is 3. The van der Waals surface area contributed by atoms with Crippen molar-refractivity contribution in [1.29, 1.82) is 5.41 Å². The van der Waals surface area contributed by atoms with Crippen LogP contribution in [0.2, 0.25) is 0 Å². The van der Waals surface area contributed by atoms with Crippen molar-refractivity contribution in [2.24, 2.45) is 5.73 Å². The molecule has 0 unspecified atom stereocenters. The molecule has 0 aliphatic rings. The Labute approximate surface area is 164 Å². The number of nitrogens with two attached hydrogens (primary N) is 3. The Hall–Kier alpha value is -3.61. The first kappa shape index (κ1) is 19.2. The minimum Gasteiger partial charge on any atom is -0.398 e. The van der Waals surface area contributed by atoms with Crippen molar-refractivity contribution < 1.29 is 0 Å². The molecule has 1 heterocycles. The topological polar surface area (TPSA) is 140 Å². The molecule has 3 aromatic rings. The van der Waals surface area contributed by atoms with Crippen molar-refractivity contribution in [1.82, 2.24) is 9.97 Å². The third-order valence-electron chi connectivity index (χ3n) is 4.34. The third kappa shape index (κ3) is 4.56. The number of benzene rings is 2. The molecule has 0 saturated carbocycles. The van der Waals surface area contributed by atoms with Crippen LogP contribution in [0.25, 0.3) is 11.3 Å². The predicted molar refractivity (Wildman–Crippen MR) is 115 cm³/mol. The molecule has 0 aliphatic heterocycles. The van der Waals surface area contributed by atoms with Crippen LogP contribution in [0.1, 0.15) is 25.0 Å². The number of nitrogens with one attached hydrogen (secondary N) is 2. The summed E-state index contributed by atoms with van der Waals surface area (Å²) in [6, 6.07) is 17.4. The number of hydrogen-bond donors (Lipinski definition) is 5. The van der Waals surface area contributed by atoms with E-state index in [1.807, 2.05) is 30.3 Å². The summed E-state index contributed by atoms with van der Waals surface area (Å²) in [5, 5.41) is 11.0. The molecule has 0 bridgehead atoms. The largest absolute Gasteiger partial charge is 0.398 e. The number of nitrogens with zero attached hydrogens (tertiary/aromatic N) is 2. The highest BCUT2D eigenvalue weighted by molar-refractivity contribution is 6.00. The van der Waals surface area contributed by atoms with Gasteiger partial charge in [-0.1, -0.05) is 36.4 Å². The van der Waals surface area contributed by atoms with Gasteiger partial charge in [0, 0.05) is 28.4 Å². The van der Waals surface area contributed by atoms with E-state index >= 15 is 0 Å². The highest BCUT2D eigenvalue weighted by Crippen LogP contribution is 2.26. The summed E-state index contributed by atoms with van der Waals surface area (Å²) in [4.78, 5) is 8.64. The zero-order valence-electron chi connectivity index (χ0n) is 16.0. The average molecular weight is 375 g/mol. The van der Waals surface area contributed by atoms with Crippen molar-refractivity contribution in [3.05, 3.63) is 65.7 Å². The van der Waals surface area contributed by atoms with Crippen LogP contribution < -0.4 is 22.5 Å². The molecule has 0 fully saturated rings. The Balaban J connectivity index is 1.87. The fourth-order valence-corrected chi connectivity index (χ4v) is 3.14. The first-order valence-corrected chi connectivity index (χ1v) is 8.94. The second kappa shape index (κ2) is 7.56. The standard InChI is InChI=1S/C21H25N7/c1-21(2,12-13-6-4-3-5-7-13)28-18-11-17(26-20(25)27-18)14-8-9-15(19(23)24)16(22)10-14/h3-11H,12,22H2,1-2H3,(H3,23,24)(H3,25,26,27,28). The van der Waals surface area contributed by atoms with Crippen LogP contribution in [0.4, 0.5) is 17.5 Å². The molecule has 8 N–H and O–H groups in total. The van der Waals surface area contributed by atoms with E-state index in [2.05, 4.69) is 41.3 Å². The molecule has 0 amide bonds. The van der Waals surface area contributed by atoms with Gasteiger partial charge in [-0.2, -0.15) is 4.98 Å². The minimum absolute atomic E-state index is 0.0729. The van der Waals surface area contributed by atoms with Crippen LogP contribution in [0.5, 0.6) is 0 Å². The molecule has 0 radical (unpaired) electrons. The molecule has 144 valence electrons. The van der Waals surface area contributed by atoms with Crippen molar-refractivity contribution in [3.8, 4) is 11.3 Å². The zero-order chi connectivity index (χ0) is 20.3. The number of amidine groups is 1. The van der Waals surface area contributed by atoms with E-state index in [9.17, 15) is 0 Å². The van der Waals surface area contributed by atoms with Gasteiger partial charge in [0.25, 0.3) is 0 Å². The summed E-state index contributed by atoms with van der Waals surface area (Å²) in [7, 11) is 0. The Morgan fingerprint density at radius 3 is 2.39 bits per heavy atom. The van der Waals surface area contributed by atoms with Gasteiger partial charge < -0.3 is 22.5 Å². The fourth-order valence-electron chi connectivity index (χ4n) is 3.14. The molecule has 0 atom stereocenters. The maximum atomic E-state index is 7.55. The van der Waals surface area contributed by atoms with Gasteiger partial charge in [0.15, 0.2) is 0 Å². The van der Waals surface area contributed by atoms with Crippen LogP contribution in [0.3, 0.4) is 0 Å². The number of rotatable bonds is 6. The van der Waals surface area contributed by atoms with Crippen molar-refractivity contribution in [2.75, 3.05) is 16.8 Å². The SMILES string of the molecule is CC(C)(Cc1ccccc1)Nc1cc(-c2ccc(C(=N)N)c(N)c2)nc(N)n1. The van der Waals surface area contributed by atoms with Crippen LogP contribution >= 0.6 is 0 Å². The molecular formula is C21H25N7. The van der Waals surface area contributed by atoms with E-state index in [4.69, 9.17) is 22.6 Å². The third-order valence-corrected chi connectivity index (χ3v) is 4.34. The fraction of sp³-hybridized carbons (Fsp3) is 0.190. The number of nitrogen functional groups attached to an aromatic ring is 3. The van der Waals surface area contributed by atoms with E-state index < -0.39 is 0 Å². The lowest BCUT2D eigenvalue weighted by Crippen LogP contribution is -2.34. The Morgan fingerprint density at radius 2 is 1.75 bits per heavy atom. The molecule has 0 spiro atoms. The normalized spacial score (nSPS) is 11.2. The lowest BCUT2D eigenvalue weighted by Gasteiger charge is -2.27. The minimum atomic E-state index is -0.239. The monoisotopic (exact) mass is 375 g/mol. The molecule has 7 heteroatoms. The molecule has 28 heavy (non-hydrogen) atoms. The summed E-state index contributed by atoms with van der Waals surface area (Å²) < 4.78 is 0. The van der Waals surface area contributed by atoms with Crippen LogP contribution in [0.15, 0.2) is 54.6 Å². The van der Waals surface area contributed by atoms with E-state index in [-0.39, 0.29) is 17.3 Å². The van der Waals surface area contributed by atoms with Gasteiger partial charge in [0.1, 0.15) is 11.7 Å². The molecule has 7 nitrogen and oxygen atoms in total. The quantitative estimate of drug-likeness (QED) is 0.255. The maximum Gasteiger partial charge on any atom is 0.222 e. The molecule has 0 saturated heterocycles. The van der Waals surface area contributed by atoms with Crippen molar-refractivity contribution in [3.63, 3.8) is 0 Å². The Bertz CT molecular complexity index is 997. The summed E-state index contributed by atoms with van der Waals surface area (Å²) in [6.45, 7) is 4.22. The van der Waals surface area contributed by atoms with Crippen molar-refractivity contribution >= 4 is 23.3 Å². The van der Waals surface area contributed by atoms with Crippen molar-refractivity contribution in [2.45, 2.75) is 25.8 Å². The van der Waals surface area contributed by atoms with Gasteiger partial charge in [-0.3, -0.25) is 5.41 Å². The van der Waals surface area contributed by atoms with Gasteiger partial charge in [0.05, 0.1) is 5.69 Å². The molecule has 3 rings (SSSR count). The predicted octanol–water partition coefficient (Wildman–Crippen LogP) is 3.03. The highest BCUT2D eigenvalue weighted by atomic mass is 15.1. The van der Waals surface area contributed by atoms with E-state index in [0.717, 1.165) is 12.0 Å². The first-order chi connectivity index (χ1) is 13.2. The molecule has 2 aromatic carbocycles. The van der Waals surface area contributed by atoms with Gasteiger partial charge in [-0.05, 0) is 38.0 Å². The van der Waals surface area contributed by atoms with E-state index in [0.29, 0.717) is 22.8 Å². The summed E-state index contributed by atoms with van der Waals surface area (Å²) in [6.07, 6.45) is 0.827. The van der Waals surface area contributed by atoms with E-state index in [1.54, 1.807) is 12.1 Å². The summed E-state index contributed by atoms with van der Waals surface area (Å²) >= 11 is 0. The Kier molecular flexibility index (Phi) is 5.17. The summed E-state index contributed by atoms with van der Waals surface area (Å²) in [5.41, 5.74) is 20.8. The highest BCUT2D eigenvalue weighted by Gasteiger charge is 2.20. The lowest BCUT2D eigenvalue weighted by molar-refractivity contribution is 0.561. The second-order valence-corrected chi connectivity index (χ2v) is 7.38. The van der Waals surface area contributed by atoms with Gasteiger partial charge in [-0.25, -0.2) is 4.98 Å². The van der Waals surface area contributed by atoms with Gasteiger partial charge in [-0.15, -0.1) is 0 Å². The summed E-state index contributed by atoms with van der Waals surface area (Å²) in [5.74, 6) is 0.735. The lowest BCUT2D eigenvalue weighted by atomic mass is 9.95. The zero-order valence-corrected chi connectivity index (χ0v) is 16.0. The average Bonchev–Trinajstić information content (AvgIpc) is 2.60. The maximum absolute atomic E-state index is 7.55. The van der Waals surface area contributed by atoms with Gasteiger partial charge in [0.2, 0.25) is 5.95 Å².